The van der Waals surface area contributed by atoms with Gasteiger partial charge in [0.25, 0.3) is 5.91 Å². The first-order valence-electron chi connectivity index (χ1n) is 7.51. The van der Waals surface area contributed by atoms with Crippen molar-refractivity contribution >= 4 is 22.5 Å². The number of aliphatic hydroxyl groups is 1. The molecule has 2 aromatic carbocycles. The van der Waals surface area contributed by atoms with Gasteiger partial charge in [-0.1, -0.05) is 0 Å². The second kappa shape index (κ2) is 6.72. The molecule has 1 amide bonds. The van der Waals surface area contributed by atoms with Crippen LogP contribution in [0.3, 0.4) is 0 Å². The lowest BCUT2D eigenvalue weighted by molar-refractivity contribution is 0.102. The highest BCUT2D eigenvalue weighted by atomic mass is 19.1. The van der Waals surface area contributed by atoms with Crippen LogP contribution in [-0.2, 0) is 0 Å². The predicted octanol–water partition coefficient (Wildman–Crippen LogP) is 3.24. The quantitative estimate of drug-likeness (QED) is 0.673. The Hall–Kier alpha value is -2.86. The standard InChI is InChI=1S/C18H17FN2O3/c1-11-8-12(19)9-16-15(11)10-17(21-16)18(23)20-13-2-4-14(5-3-13)24-7-6-22/h2-5,8-10,21-22H,6-7H2,1H3,(H,20,23). The van der Waals surface area contributed by atoms with Gasteiger partial charge in [0, 0.05) is 16.6 Å². The second-order valence-electron chi connectivity index (χ2n) is 5.42. The van der Waals surface area contributed by atoms with Crippen LogP contribution in [0.15, 0.2) is 42.5 Å². The van der Waals surface area contributed by atoms with Gasteiger partial charge in [-0.2, -0.15) is 0 Å². The number of amides is 1. The molecule has 5 nitrogen and oxygen atoms in total. The van der Waals surface area contributed by atoms with E-state index in [0.29, 0.717) is 22.6 Å². The van der Waals surface area contributed by atoms with E-state index in [4.69, 9.17) is 9.84 Å². The predicted molar refractivity (Wildman–Crippen MR) is 90.0 cm³/mol. The molecule has 1 heterocycles. The molecule has 124 valence electrons. The average Bonchev–Trinajstić information content (AvgIpc) is 2.98. The zero-order chi connectivity index (χ0) is 17.1. The molecule has 3 rings (SSSR count). The average molecular weight is 328 g/mol. The van der Waals surface area contributed by atoms with Gasteiger partial charge < -0.3 is 20.1 Å². The summed E-state index contributed by atoms with van der Waals surface area (Å²) in [5.41, 5.74) is 2.33. The summed E-state index contributed by atoms with van der Waals surface area (Å²) >= 11 is 0. The van der Waals surface area contributed by atoms with Crippen molar-refractivity contribution in [2.75, 3.05) is 18.5 Å². The Balaban J connectivity index is 1.76. The molecule has 3 N–H and O–H groups in total. The van der Waals surface area contributed by atoms with E-state index in [2.05, 4.69) is 10.3 Å². The van der Waals surface area contributed by atoms with E-state index in [1.54, 1.807) is 37.3 Å². The minimum Gasteiger partial charge on any atom is -0.491 e. The van der Waals surface area contributed by atoms with Crippen molar-refractivity contribution in [1.29, 1.82) is 0 Å². The largest absolute Gasteiger partial charge is 0.491 e. The van der Waals surface area contributed by atoms with E-state index in [9.17, 15) is 9.18 Å². The van der Waals surface area contributed by atoms with Crippen LogP contribution in [0.25, 0.3) is 10.9 Å². The lowest BCUT2D eigenvalue weighted by atomic mass is 10.1. The van der Waals surface area contributed by atoms with Gasteiger partial charge in [-0.05, 0) is 55.0 Å². The Morgan fingerprint density at radius 2 is 2.00 bits per heavy atom. The Labute approximate surface area is 138 Å². The molecule has 0 radical (unpaired) electrons. The Kier molecular flexibility index (Phi) is 4.48. The van der Waals surface area contributed by atoms with Crippen molar-refractivity contribution in [3.63, 3.8) is 0 Å². The molecule has 0 saturated carbocycles. The minimum atomic E-state index is -0.340. The van der Waals surface area contributed by atoms with E-state index >= 15 is 0 Å². The van der Waals surface area contributed by atoms with Gasteiger partial charge in [0.2, 0.25) is 0 Å². The molecule has 0 bridgehead atoms. The van der Waals surface area contributed by atoms with Gasteiger partial charge in [0.05, 0.1) is 6.61 Å². The van der Waals surface area contributed by atoms with Gasteiger partial charge in [0.15, 0.2) is 0 Å². The minimum absolute atomic E-state index is 0.0567. The lowest BCUT2D eigenvalue weighted by Gasteiger charge is -2.06. The maximum absolute atomic E-state index is 13.4. The van der Waals surface area contributed by atoms with Gasteiger partial charge >= 0.3 is 0 Å². The molecule has 0 aliphatic heterocycles. The fourth-order valence-electron chi connectivity index (χ4n) is 2.49. The number of fused-ring (bicyclic) bond motifs is 1. The van der Waals surface area contributed by atoms with E-state index in [-0.39, 0.29) is 24.9 Å². The summed E-state index contributed by atoms with van der Waals surface area (Å²) in [6, 6.07) is 11.3. The Bertz CT molecular complexity index is 872. The molecule has 0 unspecified atom stereocenters. The number of rotatable bonds is 5. The number of halogens is 1. The zero-order valence-electron chi connectivity index (χ0n) is 13.1. The SMILES string of the molecule is Cc1cc(F)cc2[nH]c(C(=O)Nc3ccc(OCCO)cc3)cc12. The third kappa shape index (κ3) is 3.38. The summed E-state index contributed by atoms with van der Waals surface area (Å²) in [4.78, 5) is 15.3. The van der Waals surface area contributed by atoms with E-state index in [0.717, 1.165) is 10.9 Å². The van der Waals surface area contributed by atoms with Crippen LogP contribution >= 0.6 is 0 Å². The third-order valence-corrected chi connectivity index (χ3v) is 3.63. The first kappa shape index (κ1) is 16.0. The molecular weight excluding hydrogens is 311 g/mol. The van der Waals surface area contributed by atoms with Crippen molar-refractivity contribution in [3.05, 3.63) is 59.5 Å². The number of H-pyrrole nitrogens is 1. The van der Waals surface area contributed by atoms with E-state index in [1.165, 1.54) is 12.1 Å². The lowest BCUT2D eigenvalue weighted by Crippen LogP contribution is -2.12. The molecule has 3 aromatic rings. The number of aryl methyl sites for hydroxylation is 1. The molecule has 0 saturated heterocycles. The van der Waals surface area contributed by atoms with Crippen molar-refractivity contribution in [1.82, 2.24) is 4.98 Å². The molecule has 0 fully saturated rings. The summed E-state index contributed by atoms with van der Waals surface area (Å²) < 4.78 is 18.7. The van der Waals surface area contributed by atoms with Crippen LogP contribution in [0, 0.1) is 12.7 Å². The number of hydrogen-bond acceptors (Lipinski definition) is 3. The van der Waals surface area contributed by atoms with Crippen LogP contribution < -0.4 is 10.1 Å². The van der Waals surface area contributed by atoms with Crippen LogP contribution in [0.4, 0.5) is 10.1 Å². The topological polar surface area (TPSA) is 74.4 Å². The smallest absolute Gasteiger partial charge is 0.272 e. The molecular formula is C18H17FN2O3. The molecule has 0 aliphatic rings. The number of aromatic amines is 1. The molecule has 0 atom stereocenters. The van der Waals surface area contributed by atoms with E-state index < -0.39 is 0 Å². The summed E-state index contributed by atoms with van der Waals surface area (Å²) in [5, 5.41) is 12.3. The fraction of sp³-hybridized carbons (Fsp3) is 0.167. The maximum Gasteiger partial charge on any atom is 0.272 e. The highest BCUT2D eigenvalue weighted by Crippen LogP contribution is 2.22. The summed E-state index contributed by atoms with van der Waals surface area (Å²) in [5.74, 6) is -0.0407. The molecule has 6 heteroatoms. The normalized spacial score (nSPS) is 10.8. The number of anilines is 1. The number of carbonyl (C=O) groups is 1. The summed E-state index contributed by atoms with van der Waals surface area (Å²) in [6.45, 7) is 1.96. The van der Waals surface area contributed by atoms with Crippen LogP contribution in [-0.4, -0.2) is 29.2 Å². The summed E-state index contributed by atoms with van der Waals surface area (Å²) in [6.07, 6.45) is 0. The van der Waals surface area contributed by atoms with Crippen LogP contribution in [0.2, 0.25) is 0 Å². The Morgan fingerprint density at radius 1 is 1.25 bits per heavy atom. The number of hydrogen-bond donors (Lipinski definition) is 3. The molecule has 1 aromatic heterocycles. The number of aromatic nitrogens is 1. The van der Waals surface area contributed by atoms with Gasteiger partial charge in [-0.25, -0.2) is 4.39 Å². The van der Waals surface area contributed by atoms with Crippen LogP contribution in [0.1, 0.15) is 16.1 Å². The van der Waals surface area contributed by atoms with Crippen LogP contribution in [0.5, 0.6) is 5.75 Å². The molecule has 0 aliphatic carbocycles. The first-order chi connectivity index (χ1) is 11.6. The number of benzene rings is 2. The first-order valence-corrected chi connectivity index (χ1v) is 7.51. The number of aliphatic hydroxyl groups excluding tert-OH is 1. The highest BCUT2D eigenvalue weighted by Gasteiger charge is 2.12. The van der Waals surface area contributed by atoms with Crippen molar-refractivity contribution in [2.45, 2.75) is 6.92 Å². The fourth-order valence-corrected chi connectivity index (χ4v) is 2.49. The number of ether oxygens (including phenoxy) is 1. The number of nitrogens with one attached hydrogen (secondary N) is 2. The molecule has 24 heavy (non-hydrogen) atoms. The third-order valence-electron chi connectivity index (χ3n) is 3.63. The summed E-state index contributed by atoms with van der Waals surface area (Å²) in [7, 11) is 0. The van der Waals surface area contributed by atoms with E-state index in [1.807, 2.05) is 0 Å². The number of carbonyl (C=O) groups excluding carboxylic acids is 1. The monoisotopic (exact) mass is 328 g/mol. The van der Waals surface area contributed by atoms with Crippen molar-refractivity contribution < 1.29 is 19.0 Å². The van der Waals surface area contributed by atoms with Crippen molar-refractivity contribution in [3.8, 4) is 5.75 Å². The highest BCUT2D eigenvalue weighted by molar-refractivity contribution is 6.06. The van der Waals surface area contributed by atoms with Gasteiger partial charge in [-0.3, -0.25) is 4.79 Å². The Morgan fingerprint density at radius 3 is 2.71 bits per heavy atom. The van der Waals surface area contributed by atoms with Crippen molar-refractivity contribution in [2.24, 2.45) is 0 Å². The van der Waals surface area contributed by atoms with Gasteiger partial charge in [-0.15, -0.1) is 0 Å². The zero-order valence-corrected chi connectivity index (χ0v) is 13.1. The van der Waals surface area contributed by atoms with Gasteiger partial charge in [0.1, 0.15) is 23.9 Å². The second-order valence-corrected chi connectivity index (χ2v) is 5.42. The maximum atomic E-state index is 13.4. The molecule has 0 spiro atoms.